The molecular weight excluding hydrogens is 801 g/mol. The van der Waals surface area contributed by atoms with E-state index < -0.39 is 0 Å². The highest BCUT2D eigenvalue weighted by molar-refractivity contribution is 5.91. The number of allylic oxidation sites excluding steroid dienone is 23. The van der Waals surface area contributed by atoms with Crippen molar-refractivity contribution >= 4 is 57.3 Å². The summed E-state index contributed by atoms with van der Waals surface area (Å²) in [7, 11) is 0. The van der Waals surface area contributed by atoms with Crippen LogP contribution in [0, 0.1) is 5.41 Å². The van der Waals surface area contributed by atoms with Crippen molar-refractivity contribution in [3.63, 3.8) is 0 Å². The SMILES string of the molecule is C=CC=CC=Cc1ccc(N(C(=C)C=CC2=CC(C)(C)C(=CC(=C)n3c(=CC)c(=CC)c4cc(C(=CC=C)C5=CC=CCCC=CO5)ccc43)C2=C)c2ccc(C(C=C)=CC=C)cc2)cc1. The van der Waals surface area contributed by atoms with Crippen molar-refractivity contribution < 1.29 is 4.74 Å². The first-order valence-corrected chi connectivity index (χ1v) is 22.4. The molecular formula is C63H62N2O. The van der Waals surface area contributed by atoms with Crippen molar-refractivity contribution in [2.75, 3.05) is 4.90 Å². The Morgan fingerprint density at radius 1 is 0.773 bits per heavy atom. The average molecular weight is 863 g/mol. The van der Waals surface area contributed by atoms with Crippen molar-refractivity contribution in [1.29, 1.82) is 0 Å². The minimum Gasteiger partial charge on any atom is -0.465 e. The molecule has 1 aliphatic carbocycles. The van der Waals surface area contributed by atoms with Gasteiger partial charge >= 0.3 is 0 Å². The standard InChI is InChI=1S/C63H62N2O/c1-12-18-19-23-28-49-31-37-54(38-32-49)64(55-39-34-51(35-40-55)50(15-4)26-13-2)46(7)30-33-53-45-63(10,11)59(48(53)9)43-47(8)65-60(17-6)56(16-5)58-44-52(36-41-61(58)65)57(27-14-3)62-29-24-21-20-22-25-42-66-62/h12-19,21,23-45H,1-4,7-9,20,22H2,5-6,10-11H3. The van der Waals surface area contributed by atoms with Crippen LogP contribution in [0.5, 0.6) is 0 Å². The van der Waals surface area contributed by atoms with Crippen LogP contribution in [-0.4, -0.2) is 4.57 Å². The molecule has 0 N–H and O–H groups in total. The molecule has 3 nitrogen and oxygen atoms in total. The van der Waals surface area contributed by atoms with Gasteiger partial charge in [0.1, 0.15) is 5.76 Å². The monoisotopic (exact) mass is 862 g/mol. The maximum Gasteiger partial charge on any atom is 0.134 e. The number of aromatic nitrogens is 1. The summed E-state index contributed by atoms with van der Waals surface area (Å²) in [6.45, 7) is 38.2. The van der Waals surface area contributed by atoms with Crippen molar-refractivity contribution in [2.24, 2.45) is 5.41 Å². The summed E-state index contributed by atoms with van der Waals surface area (Å²) in [5.41, 5.74) is 12.6. The first kappa shape index (κ1) is 47.6. The maximum atomic E-state index is 6.16. The van der Waals surface area contributed by atoms with E-state index in [4.69, 9.17) is 11.3 Å². The molecule has 330 valence electrons. The maximum absolute atomic E-state index is 6.16. The molecule has 6 rings (SSSR count). The summed E-state index contributed by atoms with van der Waals surface area (Å²) in [5, 5.41) is 3.34. The van der Waals surface area contributed by atoms with E-state index >= 15 is 0 Å². The van der Waals surface area contributed by atoms with Crippen LogP contribution >= 0.6 is 0 Å². The fourth-order valence-electron chi connectivity index (χ4n) is 8.41. The van der Waals surface area contributed by atoms with Gasteiger partial charge in [-0.05, 0) is 126 Å². The Morgan fingerprint density at radius 2 is 1.47 bits per heavy atom. The topological polar surface area (TPSA) is 17.4 Å². The van der Waals surface area contributed by atoms with E-state index in [1.54, 1.807) is 18.4 Å². The van der Waals surface area contributed by atoms with Crippen LogP contribution in [0.2, 0.25) is 0 Å². The predicted molar refractivity (Wildman–Crippen MR) is 291 cm³/mol. The van der Waals surface area contributed by atoms with Gasteiger partial charge in [-0.1, -0.05) is 187 Å². The molecule has 0 radical (unpaired) electrons. The van der Waals surface area contributed by atoms with Crippen LogP contribution in [0.15, 0.2) is 251 Å². The third-order valence-corrected chi connectivity index (χ3v) is 11.6. The van der Waals surface area contributed by atoms with Gasteiger partial charge in [0.2, 0.25) is 0 Å². The molecule has 3 heteroatoms. The number of hydrogen-bond acceptors (Lipinski definition) is 2. The second-order valence-corrected chi connectivity index (χ2v) is 16.5. The fourth-order valence-corrected chi connectivity index (χ4v) is 8.41. The summed E-state index contributed by atoms with van der Waals surface area (Å²) < 4.78 is 8.42. The molecule has 0 fully saturated rings. The molecule has 2 aliphatic rings. The average Bonchev–Trinajstić information content (AvgIpc) is 3.81. The number of nitrogens with zero attached hydrogens (tertiary/aromatic N) is 2. The summed E-state index contributed by atoms with van der Waals surface area (Å²) >= 11 is 0. The van der Waals surface area contributed by atoms with Gasteiger partial charge in [-0.2, -0.15) is 0 Å². The number of hydrogen-bond donors (Lipinski definition) is 0. The highest BCUT2D eigenvalue weighted by Crippen LogP contribution is 2.45. The molecule has 0 saturated carbocycles. The van der Waals surface area contributed by atoms with E-state index in [2.05, 4.69) is 204 Å². The van der Waals surface area contributed by atoms with Crippen LogP contribution in [0.1, 0.15) is 57.2 Å². The van der Waals surface area contributed by atoms with E-state index in [9.17, 15) is 0 Å². The van der Waals surface area contributed by atoms with Crippen molar-refractivity contribution in [1.82, 2.24) is 4.57 Å². The Morgan fingerprint density at radius 3 is 2.14 bits per heavy atom. The molecule has 1 aliphatic heterocycles. The molecule has 0 atom stereocenters. The minimum atomic E-state index is -0.314. The van der Waals surface area contributed by atoms with Crippen molar-refractivity contribution in [2.45, 2.75) is 40.5 Å². The van der Waals surface area contributed by atoms with E-state index in [-0.39, 0.29) is 5.41 Å². The zero-order valence-corrected chi connectivity index (χ0v) is 39.1. The van der Waals surface area contributed by atoms with Gasteiger partial charge in [0, 0.05) is 49.7 Å². The smallest absolute Gasteiger partial charge is 0.134 e. The molecule has 3 aromatic carbocycles. The first-order chi connectivity index (χ1) is 32.0. The van der Waals surface area contributed by atoms with E-state index in [1.807, 2.05) is 48.6 Å². The third kappa shape index (κ3) is 10.7. The number of anilines is 2. The molecule has 0 unspecified atom stereocenters. The second kappa shape index (κ2) is 22.2. The van der Waals surface area contributed by atoms with Gasteiger partial charge in [0.25, 0.3) is 0 Å². The van der Waals surface area contributed by atoms with Crippen molar-refractivity contribution in [3.05, 3.63) is 278 Å². The molecule has 4 aromatic rings. The number of fused-ring (bicyclic) bond motifs is 1. The van der Waals surface area contributed by atoms with Crippen LogP contribution in [-0.2, 0) is 4.74 Å². The highest BCUT2D eigenvalue weighted by atomic mass is 16.5. The normalized spacial score (nSPS) is 16.7. The quantitative estimate of drug-likeness (QED) is 0.104. The Labute approximate surface area is 393 Å². The summed E-state index contributed by atoms with van der Waals surface area (Å²) in [4.78, 5) is 2.17. The van der Waals surface area contributed by atoms with Crippen LogP contribution in [0.3, 0.4) is 0 Å². The van der Waals surface area contributed by atoms with Gasteiger partial charge in [0.05, 0.1) is 11.8 Å². The zero-order chi connectivity index (χ0) is 47.2. The Hall–Kier alpha value is -7.88. The predicted octanol–water partition coefficient (Wildman–Crippen LogP) is 15.9. The lowest BCUT2D eigenvalue weighted by molar-refractivity contribution is 0.371. The summed E-state index contributed by atoms with van der Waals surface area (Å²) in [6, 6.07) is 23.5. The molecule has 2 heterocycles. The Bertz CT molecular complexity index is 3020. The lowest BCUT2D eigenvalue weighted by Crippen LogP contribution is -2.28. The molecule has 0 amide bonds. The van der Waals surface area contributed by atoms with E-state index in [0.717, 1.165) is 107 Å². The van der Waals surface area contributed by atoms with E-state index in [0.29, 0.717) is 0 Å². The fraction of sp³-hybridized carbons (Fsp3) is 0.111. The Balaban J connectivity index is 1.33. The summed E-state index contributed by atoms with van der Waals surface area (Å²) in [6.07, 6.45) is 44.1. The summed E-state index contributed by atoms with van der Waals surface area (Å²) in [5.74, 6) is 0.765. The molecule has 66 heavy (non-hydrogen) atoms. The first-order valence-electron chi connectivity index (χ1n) is 22.4. The van der Waals surface area contributed by atoms with Gasteiger partial charge in [-0.25, -0.2) is 0 Å². The van der Waals surface area contributed by atoms with Gasteiger partial charge in [-0.3, -0.25) is 0 Å². The lowest BCUT2D eigenvalue weighted by Gasteiger charge is -2.26. The van der Waals surface area contributed by atoms with Crippen LogP contribution in [0.4, 0.5) is 11.4 Å². The number of ether oxygens (including phenoxy) is 1. The molecule has 0 spiro atoms. The minimum absolute atomic E-state index is 0.314. The van der Waals surface area contributed by atoms with Crippen molar-refractivity contribution in [3.8, 4) is 0 Å². The van der Waals surface area contributed by atoms with Gasteiger partial charge in [-0.15, -0.1) is 0 Å². The van der Waals surface area contributed by atoms with E-state index in [1.165, 1.54) is 0 Å². The molecule has 0 saturated heterocycles. The molecule has 0 bridgehead atoms. The van der Waals surface area contributed by atoms with Crippen LogP contribution < -0.4 is 15.5 Å². The lowest BCUT2D eigenvalue weighted by atomic mass is 9.85. The largest absolute Gasteiger partial charge is 0.465 e. The number of rotatable bonds is 16. The van der Waals surface area contributed by atoms with Crippen LogP contribution in [0.25, 0.3) is 46.0 Å². The zero-order valence-electron chi connectivity index (χ0n) is 39.1. The third-order valence-electron chi connectivity index (χ3n) is 11.6. The Kier molecular flexibility index (Phi) is 16.0. The molecule has 1 aromatic heterocycles. The number of benzene rings is 3. The highest BCUT2D eigenvalue weighted by Gasteiger charge is 2.31. The van der Waals surface area contributed by atoms with Gasteiger partial charge < -0.3 is 14.2 Å². The van der Waals surface area contributed by atoms with Gasteiger partial charge in [0.15, 0.2) is 0 Å². The second-order valence-electron chi connectivity index (χ2n) is 16.5.